The lowest BCUT2D eigenvalue weighted by atomic mass is 10.2. The van der Waals surface area contributed by atoms with Crippen molar-refractivity contribution in [2.45, 2.75) is 39.0 Å². The molecule has 0 bridgehead atoms. The Morgan fingerprint density at radius 2 is 2.00 bits per heavy atom. The van der Waals surface area contributed by atoms with Gasteiger partial charge in [-0.05, 0) is 19.3 Å². The Morgan fingerprint density at radius 3 is 2.53 bits per heavy atom. The number of anilines is 1. The molecule has 17 heavy (non-hydrogen) atoms. The van der Waals surface area contributed by atoms with Gasteiger partial charge in [0.25, 0.3) is 5.91 Å². The van der Waals surface area contributed by atoms with Crippen molar-refractivity contribution in [2.75, 3.05) is 18.8 Å². The Balaban J connectivity index is 2.14. The molecule has 1 saturated heterocycles. The highest BCUT2D eigenvalue weighted by Crippen LogP contribution is 2.18. The zero-order chi connectivity index (χ0) is 12.3. The van der Waals surface area contributed by atoms with Gasteiger partial charge in [-0.2, -0.15) is 5.10 Å². The number of nitrogen functional groups attached to an aromatic ring is 1. The quantitative estimate of drug-likeness (QED) is 0.818. The van der Waals surface area contributed by atoms with Crippen LogP contribution in [0.1, 0.15) is 48.8 Å². The number of aryl methyl sites for hydroxylation is 1. The molecular weight excluding hydrogens is 216 g/mol. The second-order valence-corrected chi connectivity index (χ2v) is 4.52. The van der Waals surface area contributed by atoms with Crippen molar-refractivity contribution in [1.29, 1.82) is 0 Å². The fraction of sp³-hybridized carbons (Fsp3) is 0.667. The summed E-state index contributed by atoms with van der Waals surface area (Å²) >= 11 is 0. The number of nitrogens with zero attached hydrogens (tertiary/aromatic N) is 2. The number of nitrogens with one attached hydrogen (secondary N) is 1. The first-order valence-corrected chi connectivity index (χ1v) is 6.36. The molecule has 1 fully saturated rings. The highest BCUT2D eigenvalue weighted by atomic mass is 16.2. The molecule has 1 aliphatic rings. The molecule has 1 amide bonds. The van der Waals surface area contributed by atoms with Gasteiger partial charge in [0, 0.05) is 13.1 Å². The standard InChI is InChI=1S/C12H20N4O/c1-2-9-10(13)11(15-14-9)12(17)16-7-5-3-4-6-8-16/h2-8,13H2,1H3,(H,14,15). The molecule has 0 radical (unpaired) electrons. The number of hydrogen-bond acceptors (Lipinski definition) is 3. The molecule has 3 N–H and O–H groups in total. The largest absolute Gasteiger partial charge is 0.395 e. The third-order valence-corrected chi connectivity index (χ3v) is 3.33. The van der Waals surface area contributed by atoms with E-state index in [4.69, 9.17) is 5.73 Å². The van der Waals surface area contributed by atoms with Crippen LogP contribution in [0.15, 0.2) is 0 Å². The van der Waals surface area contributed by atoms with Gasteiger partial charge in [-0.25, -0.2) is 0 Å². The number of H-pyrrole nitrogens is 1. The van der Waals surface area contributed by atoms with Gasteiger partial charge in [0.1, 0.15) is 0 Å². The van der Waals surface area contributed by atoms with E-state index in [1.54, 1.807) is 0 Å². The highest BCUT2D eigenvalue weighted by Gasteiger charge is 2.22. The Labute approximate surface area is 101 Å². The molecule has 2 rings (SSSR count). The summed E-state index contributed by atoms with van der Waals surface area (Å²) in [5.41, 5.74) is 7.68. The number of hydrogen-bond donors (Lipinski definition) is 2. The maximum atomic E-state index is 12.3. The van der Waals surface area contributed by atoms with Crippen LogP contribution >= 0.6 is 0 Å². The second kappa shape index (κ2) is 5.21. The summed E-state index contributed by atoms with van der Waals surface area (Å²) < 4.78 is 0. The molecule has 0 atom stereocenters. The van der Waals surface area contributed by atoms with Crippen molar-refractivity contribution < 1.29 is 4.79 Å². The molecule has 2 heterocycles. The maximum absolute atomic E-state index is 12.3. The lowest BCUT2D eigenvalue weighted by molar-refractivity contribution is 0.0757. The number of carbonyl (C=O) groups excluding carboxylic acids is 1. The zero-order valence-corrected chi connectivity index (χ0v) is 10.3. The van der Waals surface area contributed by atoms with E-state index in [0.717, 1.165) is 38.0 Å². The Hall–Kier alpha value is -1.52. The fourth-order valence-corrected chi connectivity index (χ4v) is 2.24. The van der Waals surface area contributed by atoms with Crippen LogP contribution in [0.5, 0.6) is 0 Å². The van der Waals surface area contributed by atoms with Crippen molar-refractivity contribution in [3.05, 3.63) is 11.4 Å². The molecule has 5 nitrogen and oxygen atoms in total. The summed E-state index contributed by atoms with van der Waals surface area (Å²) in [6, 6.07) is 0. The molecular formula is C12H20N4O. The SMILES string of the molecule is CCc1[nH]nc(C(=O)N2CCCCCC2)c1N. The number of likely N-dealkylation sites (tertiary alicyclic amines) is 1. The summed E-state index contributed by atoms with van der Waals surface area (Å²) in [5, 5.41) is 6.89. The first kappa shape index (κ1) is 12.0. The predicted octanol–water partition coefficient (Wildman–Crippen LogP) is 1.57. The smallest absolute Gasteiger partial charge is 0.276 e. The first-order chi connectivity index (χ1) is 8.24. The predicted molar refractivity (Wildman–Crippen MR) is 66.7 cm³/mol. The average molecular weight is 236 g/mol. The number of amides is 1. The van der Waals surface area contributed by atoms with E-state index < -0.39 is 0 Å². The number of aromatic nitrogens is 2. The van der Waals surface area contributed by atoms with E-state index in [1.807, 2.05) is 11.8 Å². The molecule has 94 valence electrons. The molecule has 0 aromatic carbocycles. The van der Waals surface area contributed by atoms with E-state index in [2.05, 4.69) is 10.2 Å². The molecule has 1 aromatic heterocycles. The van der Waals surface area contributed by atoms with Gasteiger partial charge in [-0.15, -0.1) is 0 Å². The van der Waals surface area contributed by atoms with Crippen molar-refractivity contribution >= 4 is 11.6 Å². The van der Waals surface area contributed by atoms with Gasteiger partial charge in [0.05, 0.1) is 11.4 Å². The van der Waals surface area contributed by atoms with Gasteiger partial charge < -0.3 is 10.6 Å². The summed E-state index contributed by atoms with van der Waals surface area (Å²) in [7, 11) is 0. The van der Waals surface area contributed by atoms with E-state index in [0.29, 0.717) is 11.4 Å². The van der Waals surface area contributed by atoms with Gasteiger partial charge in [0.2, 0.25) is 0 Å². The minimum Gasteiger partial charge on any atom is -0.395 e. The van der Waals surface area contributed by atoms with Crippen LogP contribution in [0.2, 0.25) is 0 Å². The van der Waals surface area contributed by atoms with Gasteiger partial charge >= 0.3 is 0 Å². The number of rotatable bonds is 2. The van der Waals surface area contributed by atoms with Crippen molar-refractivity contribution in [3.63, 3.8) is 0 Å². The third-order valence-electron chi connectivity index (χ3n) is 3.33. The monoisotopic (exact) mass is 236 g/mol. The summed E-state index contributed by atoms with van der Waals surface area (Å²) in [5.74, 6) is -0.0275. The van der Waals surface area contributed by atoms with Crippen molar-refractivity contribution in [1.82, 2.24) is 15.1 Å². The van der Waals surface area contributed by atoms with Crippen molar-refractivity contribution in [3.8, 4) is 0 Å². The second-order valence-electron chi connectivity index (χ2n) is 4.52. The summed E-state index contributed by atoms with van der Waals surface area (Å²) in [4.78, 5) is 14.1. The van der Waals surface area contributed by atoms with Crippen LogP contribution in [0.3, 0.4) is 0 Å². The van der Waals surface area contributed by atoms with Crippen LogP contribution < -0.4 is 5.73 Å². The number of aromatic amines is 1. The Morgan fingerprint density at radius 1 is 1.35 bits per heavy atom. The number of carbonyl (C=O) groups is 1. The Kier molecular flexibility index (Phi) is 3.66. The van der Waals surface area contributed by atoms with Crippen LogP contribution in [-0.2, 0) is 6.42 Å². The van der Waals surface area contributed by atoms with Crippen LogP contribution in [-0.4, -0.2) is 34.1 Å². The van der Waals surface area contributed by atoms with E-state index in [9.17, 15) is 4.79 Å². The molecule has 1 aromatic rings. The summed E-state index contributed by atoms with van der Waals surface area (Å²) in [6.07, 6.45) is 5.35. The van der Waals surface area contributed by atoms with Crippen LogP contribution in [0, 0.1) is 0 Å². The lowest BCUT2D eigenvalue weighted by Crippen LogP contribution is -2.32. The highest BCUT2D eigenvalue weighted by molar-refractivity contribution is 5.97. The minimum absolute atomic E-state index is 0.0275. The van der Waals surface area contributed by atoms with E-state index in [1.165, 1.54) is 12.8 Å². The molecule has 5 heteroatoms. The molecule has 0 aliphatic carbocycles. The normalized spacial score (nSPS) is 16.9. The fourth-order valence-electron chi connectivity index (χ4n) is 2.24. The molecule has 0 unspecified atom stereocenters. The van der Waals surface area contributed by atoms with Gasteiger partial charge in [0.15, 0.2) is 5.69 Å². The van der Waals surface area contributed by atoms with Crippen LogP contribution in [0.25, 0.3) is 0 Å². The van der Waals surface area contributed by atoms with Gasteiger partial charge in [-0.1, -0.05) is 19.8 Å². The number of nitrogens with two attached hydrogens (primary N) is 1. The third kappa shape index (κ3) is 2.43. The maximum Gasteiger partial charge on any atom is 0.276 e. The summed E-state index contributed by atoms with van der Waals surface area (Å²) in [6.45, 7) is 3.64. The lowest BCUT2D eigenvalue weighted by Gasteiger charge is -2.19. The Bertz CT molecular complexity index is 391. The molecule has 0 spiro atoms. The van der Waals surface area contributed by atoms with E-state index >= 15 is 0 Å². The molecule has 0 saturated carbocycles. The van der Waals surface area contributed by atoms with E-state index in [-0.39, 0.29) is 5.91 Å². The van der Waals surface area contributed by atoms with Gasteiger partial charge in [-0.3, -0.25) is 9.89 Å². The first-order valence-electron chi connectivity index (χ1n) is 6.36. The average Bonchev–Trinajstić information content (AvgIpc) is 2.57. The van der Waals surface area contributed by atoms with Crippen molar-refractivity contribution in [2.24, 2.45) is 0 Å². The molecule has 1 aliphatic heterocycles. The minimum atomic E-state index is -0.0275. The zero-order valence-electron chi connectivity index (χ0n) is 10.3. The topological polar surface area (TPSA) is 75.0 Å². The van der Waals surface area contributed by atoms with Crippen LogP contribution in [0.4, 0.5) is 5.69 Å².